The standard InChI is InChI=1S/C19H36N4O6/c1-9(2)7-13(20)17(26)21-11(5)16(25)23-15(12(6)24)18(27)22-14(19(28)29)8-10(3)4/h9-15,24H,7-8,20H2,1-6H3,(H,21,26)(H,22,27)(H,23,25)(H,28,29). The van der Waals surface area contributed by atoms with E-state index in [9.17, 15) is 29.4 Å². The molecule has 0 aromatic rings. The third-order valence-electron chi connectivity index (χ3n) is 4.20. The Morgan fingerprint density at radius 3 is 1.72 bits per heavy atom. The first-order valence-corrected chi connectivity index (χ1v) is 9.83. The van der Waals surface area contributed by atoms with Gasteiger partial charge in [-0.05, 0) is 38.5 Å². The largest absolute Gasteiger partial charge is 0.480 e. The lowest BCUT2D eigenvalue weighted by Crippen LogP contribution is -2.59. The van der Waals surface area contributed by atoms with Gasteiger partial charge in [0.25, 0.3) is 0 Å². The van der Waals surface area contributed by atoms with E-state index in [4.69, 9.17) is 5.73 Å². The van der Waals surface area contributed by atoms with Crippen molar-refractivity contribution in [3.8, 4) is 0 Å². The maximum absolute atomic E-state index is 12.4. The van der Waals surface area contributed by atoms with Crippen LogP contribution >= 0.6 is 0 Å². The highest BCUT2D eigenvalue weighted by Gasteiger charge is 2.31. The maximum Gasteiger partial charge on any atom is 0.326 e. The fourth-order valence-corrected chi connectivity index (χ4v) is 2.64. The third kappa shape index (κ3) is 10.2. The van der Waals surface area contributed by atoms with Crippen molar-refractivity contribution in [3.63, 3.8) is 0 Å². The van der Waals surface area contributed by atoms with Crippen molar-refractivity contribution in [3.05, 3.63) is 0 Å². The molecule has 10 heteroatoms. The molecule has 0 radical (unpaired) electrons. The van der Waals surface area contributed by atoms with Crippen molar-refractivity contribution in [1.82, 2.24) is 16.0 Å². The predicted molar refractivity (Wildman–Crippen MR) is 108 cm³/mol. The summed E-state index contributed by atoms with van der Waals surface area (Å²) in [6.07, 6.45) is -0.633. The van der Waals surface area contributed by atoms with E-state index in [1.165, 1.54) is 13.8 Å². The van der Waals surface area contributed by atoms with Crippen LogP contribution in [0, 0.1) is 11.8 Å². The summed E-state index contributed by atoms with van der Waals surface area (Å²) in [6.45, 7) is 10.2. The second-order valence-corrected chi connectivity index (χ2v) is 8.22. The minimum absolute atomic E-state index is 0.0151. The van der Waals surface area contributed by atoms with Crippen LogP contribution in [0.15, 0.2) is 0 Å². The van der Waals surface area contributed by atoms with Gasteiger partial charge in [-0.3, -0.25) is 14.4 Å². The summed E-state index contributed by atoms with van der Waals surface area (Å²) in [5.41, 5.74) is 5.78. The molecular formula is C19H36N4O6. The monoisotopic (exact) mass is 416 g/mol. The normalized spacial score (nSPS) is 16.5. The first-order chi connectivity index (χ1) is 13.3. The highest BCUT2D eigenvalue weighted by Crippen LogP contribution is 2.06. The quantitative estimate of drug-likeness (QED) is 0.245. The Morgan fingerprint density at radius 2 is 1.31 bits per heavy atom. The summed E-state index contributed by atoms with van der Waals surface area (Å²) in [5.74, 6) is -3.01. The van der Waals surface area contributed by atoms with E-state index in [-0.39, 0.29) is 18.3 Å². The number of amides is 3. The molecule has 0 bridgehead atoms. The van der Waals surface area contributed by atoms with E-state index in [1.807, 2.05) is 27.7 Å². The molecule has 0 saturated carbocycles. The summed E-state index contributed by atoms with van der Waals surface area (Å²) in [6, 6.07) is -4.29. The Hall–Kier alpha value is -2.20. The van der Waals surface area contributed by atoms with Crippen LogP contribution in [-0.2, 0) is 19.2 Å². The summed E-state index contributed by atoms with van der Waals surface area (Å²) < 4.78 is 0. The Balaban J connectivity index is 5.00. The lowest BCUT2D eigenvalue weighted by Gasteiger charge is -2.25. The molecule has 3 amide bonds. The van der Waals surface area contributed by atoms with Gasteiger partial charge in [-0.2, -0.15) is 0 Å². The summed E-state index contributed by atoms with van der Waals surface area (Å²) in [7, 11) is 0. The van der Waals surface area contributed by atoms with E-state index in [1.54, 1.807) is 0 Å². The number of nitrogens with one attached hydrogen (secondary N) is 3. The van der Waals surface area contributed by atoms with Gasteiger partial charge in [-0.1, -0.05) is 27.7 Å². The number of carbonyl (C=O) groups excluding carboxylic acids is 3. The molecule has 10 nitrogen and oxygen atoms in total. The SMILES string of the molecule is CC(C)CC(N)C(=O)NC(C)C(=O)NC(C(=O)NC(CC(C)C)C(=O)O)C(C)O. The molecule has 0 aromatic heterocycles. The Labute approximate surface area is 172 Å². The van der Waals surface area contributed by atoms with Gasteiger partial charge in [0, 0.05) is 0 Å². The lowest BCUT2D eigenvalue weighted by molar-refractivity contribution is -0.143. The van der Waals surface area contributed by atoms with Crippen molar-refractivity contribution in [2.75, 3.05) is 0 Å². The van der Waals surface area contributed by atoms with Crippen LogP contribution in [0.5, 0.6) is 0 Å². The molecular weight excluding hydrogens is 380 g/mol. The number of hydrogen-bond donors (Lipinski definition) is 6. The van der Waals surface area contributed by atoms with Crippen LogP contribution in [0.25, 0.3) is 0 Å². The summed E-state index contributed by atoms with van der Waals surface area (Å²) in [5, 5.41) is 26.3. The van der Waals surface area contributed by atoms with E-state index in [2.05, 4.69) is 16.0 Å². The van der Waals surface area contributed by atoms with Gasteiger partial charge in [0.2, 0.25) is 17.7 Å². The zero-order valence-electron chi connectivity index (χ0n) is 18.1. The smallest absolute Gasteiger partial charge is 0.326 e. The second-order valence-electron chi connectivity index (χ2n) is 8.22. The third-order valence-corrected chi connectivity index (χ3v) is 4.20. The Morgan fingerprint density at radius 1 is 0.793 bits per heavy atom. The average molecular weight is 417 g/mol. The van der Waals surface area contributed by atoms with E-state index in [0.717, 1.165) is 0 Å². The van der Waals surface area contributed by atoms with Crippen molar-refractivity contribution in [2.24, 2.45) is 17.6 Å². The molecule has 0 aliphatic rings. The van der Waals surface area contributed by atoms with E-state index in [0.29, 0.717) is 6.42 Å². The van der Waals surface area contributed by atoms with Gasteiger partial charge in [-0.25, -0.2) is 4.79 Å². The number of carboxylic acids is 1. The van der Waals surface area contributed by atoms with Crippen molar-refractivity contribution in [1.29, 1.82) is 0 Å². The van der Waals surface area contributed by atoms with Gasteiger partial charge in [0.15, 0.2) is 0 Å². The highest BCUT2D eigenvalue weighted by atomic mass is 16.4. The topological polar surface area (TPSA) is 171 Å². The molecule has 7 N–H and O–H groups in total. The van der Waals surface area contributed by atoms with Gasteiger partial charge in [0.1, 0.15) is 18.1 Å². The van der Waals surface area contributed by atoms with Crippen molar-refractivity contribution >= 4 is 23.7 Å². The van der Waals surface area contributed by atoms with Crippen molar-refractivity contribution in [2.45, 2.75) is 84.7 Å². The number of hydrogen-bond acceptors (Lipinski definition) is 6. The molecule has 0 fully saturated rings. The van der Waals surface area contributed by atoms with E-state index >= 15 is 0 Å². The molecule has 168 valence electrons. The van der Waals surface area contributed by atoms with Crippen LogP contribution in [0.4, 0.5) is 0 Å². The molecule has 0 saturated heterocycles. The lowest BCUT2D eigenvalue weighted by atomic mass is 10.0. The molecule has 0 heterocycles. The first kappa shape index (κ1) is 26.8. The minimum atomic E-state index is -1.37. The summed E-state index contributed by atoms with van der Waals surface area (Å²) in [4.78, 5) is 48.2. The number of aliphatic hydroxyl groups excluding tert-OH is 1. The first-order valence-electron chi connectivity index (χ1n) is 9.83. The van der Waals surface area contributed by atoms with Gasteiger partial charge >= 0.3 is 5.97 Å². The number of aliphatic carboxylic acids is 1. The number of rotatable bonds is 12. The fourth-order valence-electron chi connectivity index (χ4n) is 2.64. The molecule has 5 atom stereocenters. The van der Waals surface area contributed by atoms with Crippen LogP contribution in [0.1, 0.15) is 54.4 Å². The van der Waals surface area contributed by atoms with Crippen molar-refractivity contribution < 1.29 is 29.4 Å². The number of carbonyl (C=O) groups is 4. The molecule has 5 unspecified atom stereocenters. The average Bonchev–Trinajstić information content (AvgIpc) is 2.56. The zero-order valence-corrected chi connectivity index (χ0v) is 18.1. The number of aliphatic hydroxyl groups is 1. The van der Waals surface area contributed by atoms with Crippen LogP contribution in [0.3, 0.4) is 0 Å². The van der Waals surface area contributed by atoms with Crippen LogP contribution < -0.4 is 21.7 Å². The maximum atomic E-state index is 12.4. The molecule has 0 aliphatic heterocycles. The number of nitrogens with two attached hydrogens (primary N) is 1. The molecule has 0 aromatic carbocycles. The second kappa shape index (κ2) is 12.4. The number of carboxylic acid groups (broad SMARTS) is 1. The Kier molecular flexibility index (Phi) is 11.4. The molecule has 0 spiro atoms. The Bertz CT molecular complexity index is 579. The van der Waals surface area contributed by atoms with E-state index < -0.39 is 54.0 Å². The van der Waals surface area contributed by atoms with Gasteiger partial charge < -0.3 is 31.9 Å². The van der Waals surface area contributed by atoms with Crippen LogP contribution in [-0.4, -0.2) is 64.2 Å². The molecule has 0 aliphatic carbocycles. The van der Waals surface area contributed by atoms with Gasteiger partial charge in [0.05, 0.1) is 12.1 Å². The summed E-state index contributed by atoms with van der Waals surface area (Å²) >= 11 is 0. The van der Waals surface area contributed by atoms with Gasteiger partial charge in [-0.15, -0.1) is 0 Å². The molecule has 0 rings (SSSR count). The molecule has 29 heavy (non-hydrogen) atoms. The highest BCUT2D eigenvalue weighted by molar-refractivity contribution is 5.94. The zero-order chi connectivity index (χ0) is 22.9. The predicted octanol–water partition coefficient (Wildman–Crippen LogP) is -0.654. The fraction of sp³-hybridized carbons (Fsp3) is 0.789. The minimum Gasteiger partial charge on any atom is -0.480 e. The van der Waals surface area contributed by atoms with Crippen LogP contribution in [0.2, 0.25) is 0 Å².